The molecule has 0 aliphatic carbocycles. The first-order valence-corrected chi connectivity index (χ1v) is 14.6. The molecule has 0 aliphatic heterocycles. The van der Waals surface area contributed by atoms with Crippen LogP contribution in [0.4, 0.5) is 13.2 Å². The number of sulfonamides is 1. The number of alkyl halides is 3. The lowest BCUT2D eigenvalue weighted by Crippen LogP contribution is -2.32. The minimum atomic E-state index is -4.58. The quantitative estimate of drug-likeness (QED) is 0.225. The van der Waals surface area contributed by atoms with Gasteiger partial charge in [-0.1, -0.05) is 53.0 Å². The number of hydrogen-bond donors (Lipinski definition) is 1. The van der Waals surface area contributed by atoms with E-state index < -0.39 is 27.7 Å². The summed E-state index contributed by atoms with van der Waals surface area (Å²) in [4.78, 5) is 17.4. The number of halogens is 5. The molecule has 1 N–H and O–H groups in total. The van der Waals surface area contributed by atoms with Gasteiger partial charge in [-0.05, 0) is 47.7 Å². The topological polar surface area (TPSA) is 81.1 Å². The molecule has 0 bridgehead atoms. The summed E-state index contributed by atoms with van der Waals surface area (Å²) in [5, 5.41) is 1.39. The van der Waals surface area contributed by atoms with Crippen LogP contribution >= 0.6 is 38.9 Å². The fourth-order valence-electron chi connectivity index (χ4n) is 3.92. The summed E-state index contributed by atoms with van der Waals surface area (Å²) in [7, 11) is -4.27. The summed E-state index contributed by atoms with van der Waals surface area (Å²) in [5.41, 5.74) is -0.704. The number of amides is 1. The van der Waals surface area contributed by atoms with Gasteiger partial charge in [-0.25, -0.2) is 18.1 Å². The van der Waals surface area contributed by atoms with E-state index in [0.29, 0.717) is 33.4 Å². The highest BCUT2D eigenvalue weighted by molar-refractivity contribution is 9.10. The van der Waals surface area contributed by atoms with Gasteiger partial charge < -0.3 is 4.57 Å². The minimum absolute atomic E-state index is 0.0272. The molecular weight excluding hydrogens is 615 g/mol. The number of nitrogens with one attached hydrogen (secondary N) is 1. The summed E-state index contributed by atoms with van der Waals surface area (Å²) in [6.45, 7) is 1.81. The molecule has 6 nitrogen and oxygen atoms in total. The Hall–Kier alpha value is -2.41. The Morgan fingerprint density at radius 3 is 2.62 bits per heavy atom. The first-order chi connectivity index (χ1) is 17.4. The molecule has 37 heavy (non-hydrogen) atoms. The Kier molecular flexibility index (Phi) is 8.03. The highest BCUT2D eigenvalue weighted by Gasteiger charge is 2.34. The zero-order chi connectivity index (χ0) is 27.0. The number of nitrogens with zero attached hydrogens (tertiary/aromatic N) is 2. The summed E-state index contributed by atoms with van der Waals surface area (Å²) in [6.07, 6.45) is -2.70. The van der Waals surface area contributed by atoms with Gasteiger partial charge in [0.15, 0.2) is 5.15 Å². The maximum Gasteiger partial charge on any atom is 0.417 e. The van der Waals surface area contributed by atoms with Crippen molar-refractivity contribution in [3.8, 4) is 0 Å². The number of rotatable bonds is 8. The highest BCUT2D eigenvalue weighted by atomic mass is 79.9. The molecule has 0 unspecified atom stereocenters. The van der Waals surface area contributed by atoms with Crippen LogP contribution in [0.15, 0.2) is 57.2 Å². The molecule has 0 saturated heterocycles. The highest BCUT2D eigenvalue weighted by Crippen LogP contribution is 2.39. The molecule has 196 valence electrons. The molecule has 0 aliphatic rings. The van der Waals surface area contributed by atoms with Gasteiger partial charge in [-0.2, -0.15) is 13.2 Å². The minimum Gasteiger partial charge on any atom is -0.318 e. The fourth-order valence-corrected chi connectivity index (χ4v) is 6.73. The largest absolute Gasteiger partial charge is 0.417 e. The SMILES string of the molecule is CCCCc1nc(Cl)c(C(=O)NS(=O)(=O)c2cccc(Br)c2)n1Cc1csc2cccc(C(F)(F)F)c12. The van der Waals surface area contributed by atoms with Gasteiger partial charge in [-0.15, -0.1) is 11.3 Å². The molecule has 2 aromatic heterocycles. The van der Waals surface area contributed by atoms with Gasteiger partial charge in [0.1, 0.15) is 11.5 Å². The smallest absolute Gasteiger partial charge is 0.318 e. The molecule has 4 aromatic rings. The Morgan fingerprint density at radius 1 is 1.22 bits per heavy atom. The average molecular weight is 635 g/mol. The second-order valence-electron chi connectivity index (χ2n) is 8.19. The van der Waals surface area contributed by atoms with Crippen LogP contribution in [-0.4, -0.2) is 23.9 Å². The van der Waals surface area contributed by atoms with E-state index in [9.17, 15) is 26.4 Å². The van der Waals surface area contributed by atoms with Crippen molar-refractivity contribution in [2.75, 3.05) is 0 Å². The molecule has 0 spiro atoms. The van der Waals surface area contributed by atoms with Crippen LogP contribution in [-0.2, 0) is 29.2 Å². The van der Waals surface area contributed by atoms with Gasteiger partial charge in [0.25, 0.3) is 15.9 Å². The van der Waals surface area contributed by atoms with Crippen molar-refractivity contribution >= 4 is 64.9 Å². The summed E-state index contributed by atoms with van der Waals surface area (Å²) < 4.78 is 71.4. The van der Waals surface area contributed by atoms with Crippen LogP contribution < -0.4 is 4.72 Å². The average Bonchev–Trinajstić information content (AvgIpc) is 3.37. The number of imidazole rings is 1. The number of hydrogen-bond acceptors (Lipinski definition) is 5. The van der Waals surface area contributed by atoms with Crippen molar-refractivity contribution in [1.29, 1.82) is 0 Å². The number of unbranched alkanes of at least 4 members (excludes halogenated alkanes) is 1. The van der Waals surface area contributed by atoms with Crippen molar-refractivity contribution in [3.05, 3.63) is 80.1 Å². The van der Waals surface area contributed by atoms with Crippen LogP contribution in [0.3, 0.4) is 0 Å². The first-order valence-electron chi connectivity index (χ1n) is 11.1. The summed E-state index contributed by atoms with van der Waals surface area (Å²) >= 11 is 10.7. The lowest BCUT2D eigenvalue weighted by molar-refractivity contribution is -0.136. The van der Waals surface area contributed by atoms with Gasteiger partial charge in [0.05, 0.1) is 17.0 Å². The molecule has 13 heteroatoms. The van der Waals surface area contributed by atoms with Crippen LogP contribution in [0.25, 0.3) is 10.1 Å². The van der Waals surface area contributed by atoms with Crippen LogP contribution in [0.2, 0.25) is 5.15 Å². The lowest BCUT2D eigenvalue weighted by Gasteiger charge is -2.14. The number of fused-ring (bicyclic) bond motifs is 1. The third-order valence-corrected chi connectivity index (χ3v) is 8.70. The Labute approximate surface area is 228 Å². The predicted octanol–water partition coefficient (Wildman–Crippen LogP) is 7.04. The number of carbonyl (C=O) groups excluding carboxylic acids is 1. The Balaban J connectivity index is 1.79. The number of carbonyl (C=O) groups is 1. The molecule has 0 radical (unpaired) electrons. The second kappa shape index (κ2) is 10.8. The van der Waals surface area contributed by atoms with E-state index >= 15 is 0 Å². The normalized spacial score (nSPS) is 12.3. The van der Waals surface area contributed by atoms with E-state index in [1.165, 1.54) is 28.8 Å². The van der Waals surface area contributed by atoms with E-state index in [1.54, 1.807) is 17.5 Å². The van der Waals surface area contributed by atoms with Crippen LogP contribution in [0.5, 0.6) is 0 Å². The van der Waals surface area contributed by atoms with Crippen LogP contribution in [0, 0.1) is 0 Å². The van der Waals surface area contributed by atoms with Gasteiger partial charge >= 0.3 is 6.18 Å². The van der Waals surface area contributed by atoms with E-state index in [0.717, 1.165) is 23.8 Å². The lowest BCUT2D eigenvalue weighted by atomic mass is 10.1. The monoisotopic (exact) mass is 633 g/mol. The third kappa shape index (κ3) is 5.87. The van der Waals surface area contributed by atoms with Gasteiger partial charge in [0, 0.05) is 21.0 Å². The van der Waals surface area contributed by atoms with E-state index in [2.05, 4.69) is 20.9 Å². The number of thiophene rings is 1. The molecule has 4 rings (SSSR count). The molecule has 1 amide bonds. The molecule has 2 heterocycles. The zero-order valence-corrected chi connectivity index (χ0v) is 23.2. The maximum absolute atomic E-state index is 13.8. The zero-order valence-electron chi connectivity index (χ0n) is 19.3. The molecule has 2 aromatic carbocycles. The van der Waals surface area contributed by atoms with Gasteiger partial charge in [-0.3, -0.25) is 4.79 Å². The second-order valence-corrected chi connectivity index (χ2v) is 12.1. The predicted molar refractivity (Wildman–Crippen MR) is 141 cm³/mol. The number of benzene rings is 2. The summed E-state index contributed by atoms with van der Waals surface area (Å²) in [6, 6.07) is 9.74. The summed E-state index contributed by atoms with van der Waals surface area (Å²) in [5.74, 6) is -0.656. The van der Waals surface area contributed by atoms with Gasteiger partial charge in [0.2, 0.25) is 0 Å². The number of aryl methyl sites for hydroxylation is 1. The van der Waals surface area contributed by atoms with Crippen LogP contribution in [0.1, 0.15) is 47.2 Å². The van der Waals surface area contributed by atoms with Crippen molar-refractivity contribution < 1.29 is 26.4 Å². The van der Waals surface area contributed by atoms with E-state index in [1.807, 2.05) is 11.6 Å². The van der Waals surface area contributed by atoms with Crippen molar-refractivity contribution in [2.24, 2.45) is 0 Å². The molecule has 0 saturated carbocycles. The number of aromatic nitrogens is 2. The molecular formula is C24H20BrClF3N3O3S2. The maximum atomic E-state index is 13.8. The van der Waals surface area contributed by atoms with Crippen molar-refractivity contribution in [2.45, 2.75) is 43.8 Å². The molecule has 0 atom stereocenters. The van der Waals surface area contributed by atoms with Crippen molar-refractivity contribution in [3.63, 3.8) is 0 Å². The Morgan fingerprint density at radius 2 is 1.95 bits per heavy atom. The first kappa shape index (κ1) is 27.6. The molecule has 0 fully saturated rings. The Bertz CT molecular complexity index is 1580. The fraction of sp³-hybridized carbons (Fsp3) is 0.250. The van der Waals surface area contributed by atoms with E-state index in [4.69, 9.17) is 11.6 Å². The van der Waals surface area contributed by atoms with Crippen molar-refractivity contribution in [1.82, 2.24) is 14.3 Å². The third-order valence-electron chi connectivity index (χ3n) is 5.62. The standard InChI is InChI=1S/C24H20BrClF3N3O3S2/c1-2-3-10-19-30-22(26)21(23(33)31-37(34,35)16-7-4-6-15(25)11-16)32(19)12-14-13-36-18-9-5-8-17(20(14)18)24(27,28)29/h4-9,11,13H,2-3,10,12H2,1H3,(H,31,33). The van der Waals surface area contributed by atoms with E-state index in [-0.39, 0.29) is 27.7 Å².